The van der Waals surface area contributed by atoms with Crippen LogP contribution in [0.5, 0.6) is 11.5 Å². The molecular formula is C18H20ClN3O2. The molecule has 0 aliphatic carbocycles. The maximum Gasteiger partial charge on any atom is 0.142 e. The van der Waals surface area contributed by atoms with Crippen LogP contribution in [0.1, 0.15) is 11.3 Å². The number of aromatic nitrogens is 1. The number of hydrogen-bond acceptors (Lipinski definition) is 3. The molecule has 0 bridgehead atoms. The van der Waals surface area contributed by atoms with Crippen LogP contribution in [0.3, 0.4) is 0 Å². The van der Waals surface area contributed by atoms with Crippen molar-refractivity contribution in [3.8, 4) is 11.5 Å². The van der Waals surface area contributed by atoms with Crippen molar-refractivity contribution in [1.29, 1.82) is 0 Å². The molecule has 24 heavy (non-hydrogen) atoms. The van der Waals surface area contributed by atoms with Gasteiger partial charge >= 0.3 is 0 Å². The third-order valence-corrected chi connectivity index (χ3v) is 3.72. The Morgan fingerprint density at radius 1 is 1.08 bits per heavy atom. The Bertz CT molecular complexity index is 858. The molecule has 3 N–H and O–H groups in total. The van der Waals surface area contributed by atoms with Crippen molar-refractivity contribution in [2.75, 3.05) is 14.2 Å². The fourth-order valence-corrected chi connectivity index (χ4v) is 2.46. The number of aromatic amines is 1. The highest BCUT2D eigenvalue weighted by Gasteiger charge is 2.06. The molecule has 0 amide bonds. The average Bonchev–Trinajstić information content (AvgIpc) is 3.03. The van der Waals surface area contributed by atoms with Crippen molar-refractivity contribution >= 4 is 29.1 Å². The summed E-state index contributed by atoms with van der Waals surface area (Å²) in [5, 5.41) is 1.04. The molecule has 5 nitrogen and oxygen atoms in total. The zero-order chi connectivity index (χ0) is 16.2. The lowest BCUT2D eigenvalue weighted by Crippen LogP contribution is -2.14. The van der Waals surface area contributed by atoms with Crippen molar-refractivity contribution in [1.82, 2.24) is 4.98 Å². The molecule has 3 rings (SSSR count). The second-order valence-corrected chi connectivity index (χ2v) is 5.15. The highest BCUT2D eigenvalue weighted by Crippen LogP contribution is 2.22. The highest BCUT2D eigenvalue weighted by molar-refractivity contribution is 6.00. The van der Waals surface area contributed by atoms with Gasteiger partial charge in [0.2, 0.25) is 0 Å². The first kappa shape index (κ1) is 17.7. The molecule has 0 aliphatic rings. The van der Waals surface area contributed by atoms with Gasteiger partial charge in [0.05, 0.1) is 26.5 Å². The zero-order valence-electron chi connectivity index (χ0n) is 13.6. The fraction of sp³-hybridized carbons (Fsp3) is 0.167. The number of nitrogens with one attached hydrogen (secondary N) is 1. The number of H-pyrrole nitrogens is 1. The van der Waals surface area contributed by atoms with E-state index in [0.717, 1.165) is 33.7 Å². The smallest absolute Gasteiger partial charge is 0.142 e. The van der Waals surface area contributed by atoms with E-state index in [1.807, 2.05) is 48.5 Å². The summed E-state index contributed by atoms with van der Waals surface area (Å²) >= 11 is 0. The summed E-state index contributed by atoms with van der Waals surface area (Å²) in [7, 11) is 3.30. The van der Waals surface area contributed by atoms with Gasteiger partial charge in [-0.25, -0.2) is 0 Å². The van der Waals surface area contributed by atoms with Crippen LogP contribution in [0.2, 0.25) is 0 Å². The normalized spacial score (nSPS) is 11.2. The van der Waals surface area contributed by atoms with Crippen LogP contribution in [-0.4, -0.2) is 25.0 Å². The van der Waals surface area contributed by atoms with E-state index >= 15 is 0 Å². The van der Waals surface area contributed by atoms with Crippen LogP contribution in [0.15, 0.2) is 53.5 Å². The topological polar surface area (TPSA) is 72.6 Å². The van der Waals surface area contributed by atoms with Gasteiger partial charge in [-0.1, -0.05) is 18.2 Å². The number of nitrogens with two attached hydrogens (primary N) is 1. The molecule has 0 atom stereocenters. The van der Waals surface area contributed by atoms with Gasteiger partial charge in [-0.2, -0.15) is 0 Å². The number of para-hydroxylation sites is 1. The lowest BCUT2D eigenvalue weighted by Gasteiger charge is -2.05. The number of aliphatic imine (C=N–C) groups is 1. The highest BCUT2D eigenvalue weighted by atomic mass is 35.5. The Labute approximate surface area is 146 Å². The first-order valence-corrected chi connectivity index (χ1v) is 7.30. The van der Waals surface area contributed by atoms with Gasteiger partial charge in [0.15, 0.2) is 0 Å². The maximum atomic E-state index is 6.12. The first-order valence-electron chi connectivity index (χ1n) is 7.30. The van der Waals surface area contributed by atoms with Crippen molar-refractivity contribution in [3.05, 3.63) is 59.8 Å². The minimum Gasteiger partial charge on any atom is -0.497 e. The molecule has 1 heterocycles. The van der Waals surface area contributed by atoms with Gasteiger partial charge in [0.25, 0.3) is 0 Å². The summed E-state index contributed by atoms with van der Waals surface area (Å²) in [5.74, 6) is 2.09. The van der Waals surface area contributed by atoms with E-state index in [9.17, 15) is 0 Å². The molecule has 0 fully saturated rings. The van der Waals surface area contributed by atoms with Crippen LogP contribution in [0, 0.1) is 0 Å². The van der Waals surface area contributed by atoms with Gasteiger partial charge in [-0.15, -0.1) is 12.4 Å². The quantitative estimate of drug-likeness (QED) is 0.549. The van der Waals surface area contributed by atoms with E-state index in [1.54, 1.807) is 14.2 Å². The summed E-state index contributed by atoms with van der Waals surface area (Å²) in [4.78, 5) is 7.73. The molecule has 126 valence electrons. The number of methoxy groups -OCH3 is 2. The van der Waals surface area contributed by atoms with Crippen LogP contribution in [-0.2, 0) is 6.54 Å². The maximum absolute atomic E-state index is 6.12. The monoisotopic (exact) mass is 345 g/mol. The molecule has 0 unspecified atom stereocenters. The predicted molar refractivity (Wildman–Crippen MR) is 99.5 cm³/mol. The second kappa shape index (κ2) is 7.75. The van der Waals surface area contributed by atoms with Gasteiger partial charge in [-0.3, -0.25) is 4.99 Å². The number of fused-ring (bicyclic) bond motifs is 1. The lowest BCUT2D eigenvalue weighted by molar-refractivity contribution is 0.410. The number of benzene rings is 2. The third kappa shape index (κ3) is 3.63. The molecule has 2 aromatic carbocycles. The summed E-state index contributed by atoms with van der Waals surface area (Å²) in [6.45, 7) is 0.467. The van der Waals surface area contributed by atoms with Crippen LogP contribution < -0.4 is 15.2 Å². The van der Waals surface area contributed by atoms with Crippen molar-refractivity contribution in [3.63, 3.8) is 0 Å². The molecule has 0 saturated heterocycles. The van der Waals surface area contributed by atoms with Crippen molar-refractivity contribution in [2.45, 2.75) is 6.54 Å². The Morgan fingerprint density at radius 2 is 1.88 bits per heavy atom. The zero-order valence-corrected chi connectivity index (χ0v) is 14.4. The number of rotatable bonds is 5. The molecule has 0 aliphatic heterocycles. The Kier molecular flexibility index (Phi) is 5.71. The van der Waals surface area contributed by atoms with E-state index in [4.69, 9.17) is 15.2 Å². The molecule has 3 aromatic rings. The standard InChI is InChI=1S/C18H19N3O2.ClH/c1-22-14-7-8-15-13(9-14)10-16(21-15)18(19)20-11-12-5-3-4-6-17(12)23-2;/h3-10,21H,11H2,1-2H3,(H2,19,20);1H. The van der Waals surface area contributed by atoms with Gasteiger partial charge in [0, 0.05) is 16.5 Å². The van der Waals surface area contributed by atoms with E-state index < -0.39 is 0 Å². The molecule has 0 spiro atoms. The molecular weight excluding hydrogens is 326 g/mol. The number of halogens is 1. The van der Waals surface area contributed by atoms with Crippen LogP contribution >= 0.6 is 12.4 Å². The number of hydrogen-bond donors (Lipinski definition) is 2. The van der Waals surface area contributed by atoms with Gasteiger partial charge in [-0.05, 0) is 30.3 Å². The van der Waals surface area contributed by atoms with Gasteiger partial charge < -0.3 is 20.2 Å². The second-order valence-electron chi connectivity index (χ2n) is 5.15. The average molecular weight is 346 g/mol. The van der Waals surface area contributed by atoms with Crippen molar-refractivity contribution in [2.24, 2.45) is 10.7 Å². The number of amidine groups is 1. The third-order valence-electron chi connectivity index (χ3n) is 3.72. The van der Waals surface area contributed by atoms with Crippen molar-refractivity contribution < 1.29 is 9.47 Å². The summed E-state index contributed by atoms with van der Waals surface area (Å²) in [6.07, 6.45) is 0. The van der Waals surface area contributed by atoms with Crippen LogP contribution in [0.25, 0.3) is 10.9 Å². The fourth-order valence-electron chi connectivity index (χ4n) is 2.46. The summed E-state index contributed by atoms with van der Waals surface area (Å²) in [5.41, 5.74) is 8.90. The number of nitrogens with zero attached hydrogens (tertiary/aromatic N) is 1. The minimum atomic E-state index is 0. The first-order chi connectivity index (χ1) is 11.2. The predicted octanol–water partition coefficient (Wildman–Crippen LogP) is 3.51. The minimum absolute atomic E-state index is 0. The van der Waals surface area contributed by atoms with E-state index in [0.29, 0.717) is 12.4 Å². The Balaban J connectivity index is 0.00000208. The largest absolute Gasteiger partial charge is 0.497 e. The summed E-state index contributed by atoms with van der Waals surface area (Å²) in [6, 6.07) is 15.6. The summed E-state index contributed by atoms with van der Waals surface area (Å²) < 4.78 is 10.6. The van der Waals surface area contributed by atoms with Gasteiger partial charge in [0.1, 0.15) is 17.3 Å². The molecule has 6 heteroatoms. The molecule has 1 aromatic heterocycles. The Morgan fingerprint density at radius 3 is 2.62 bits per heavy atom. The SMILES string of the molecule is COc1ccc2[nH]c(C(N)=NCc3ccccc3OC)cc2c1.Cl. The van der Waals surface area contributed by atoms with Crippen LogP contribution in [0.4, 0.5) is 0 Å². The Hall–Kier alpha value is -2.66. The molecule has 0 saturated carbocycles. The lowest BCUT2D eigenvalue weighted by atomic mass is 10.2. The number of ether oxygens (including phenoxy) is 2. The van der Waals surface area contributed by atoms with E-state index in [-0.39, 0.29) is 12.4 Å². The van der Waals surface area contributed by atoms with E-state index in [1.165, 1.54) is 0 Å². The molecule has 0 radical (unpaired) electrons. The van der Waals surface area contributed by atoms with E-state index in [2.05, 4.69) is 9.98 Å².